The van der Waals surface area contributed by atoms with Crippen LogP contribution >= 0.6 is 25.3 Å². The molecule has 0 saturated carbocycles. The van der Waals surface area contributed by atoms with Gasteiger partial charge in [0.15, 0.2) is 0 Å². The van der Waals surface area contributed by atoms with E-state index >= 15 is 0 Å². The highest BCUT2D eigenvalue weighted by Crippen LogP contribution is 2.10. The van der Waals surface area contributed by atoms with Gasteiger partial charge in [-0.3, -0.25) is 0 Å². The van der Waals surface area contributed by atoms with Gasteiger partial charge in [-0.1, -0.05) is 6.92 Å². The largest absolute Gasteiger partial charge is 0.315 e. The van der Waals surface area contributed by atoms with Crippen LogP contribution in [0.1, 0.15) is 19.8 Å². The Balaban J connectivity index is 3.30. The number of thiol groups is 2. The zero-order valence-corrected chi connectivity index (χ0v) is 7.98. The van der Waals surface area contributed by atoms with Gasteiger partial charge in [0.05, 0.1) is 6.17 Å². The fraction of sp³-hybridized carbons (Fsp3) is 1.00. The molecular formula is C6H16N2S2. The van der Waals surface area contributed by atoms with Gasteiger partial charge in [0, 0.05) is 5.25 Å². The molecule has 2 nitrogen and oxygen atoms in total. The molecule has 10 heavy (non-hydrogen) atoms. The van der Waals surface area contributed by atoms with Crippen molar-refractivity contribution in [1.29, 1.82) is 0 Å². The zero-order valence-electron chi connectivity index (χ0n) is 6.20. The maximum Gasteiger partial charge on any atom is 0.0640 e. The van der Waals surface area contributed by atoms with Crippen LogP contribution in [-0.2, 0) is 0 Å². The number of hydrogen-bond donors (Lipinski definition) is 4. The summed E-state index contributed by atoms with van der Waals surface area (Å²) >= 11 is 8.44. The normalized spacial score (nSPS) is 17.4. The number of nitrogens with two attached hydrogens (primary N) is 2. The molecular weight excluding hydrogens is 164 g/mol. The first kappa shape index (κ1) is 10.6. The summed E-state index contributed by atoms with van der Waals surface area (Å²) < 4.78 is 0. The molecule has 2 atom stereocenters. The minimum Gasteiger partial charge on any atom is -0.315 e. The van der Waals surface area contributed by atoms with Gasteiger partial charge in [-0.2, -0.15) is 25.3 Å². The van der Waals surface area contributed by atoms with Gasteiger partial charge in [0.1, 0.15) is 0 Å². The summed E-state index contributed by atoms with van der Waals surface area (Å²) in [7, 11) is 0. The van der Waals surface area contributed by atoms with Crippen molar-refractivity contribution >= 4 is 25.3 Å². The van der Waals surface area contributed by atoms with E-state index in [1.54, 1.807) is 0 Å². The second-order valence-electron chi connectivity index (χ2n) is 2.57. The van der Waals surface area contributed by atoms with Crippen LogP contribution in [0.25, 0.3) is 0 Å². The van der Waals surface area contributed by atoms with Gasteiger partial charge in [-0.15, -0.1) is 0 Å². The molecule has 0 fully saturated rings. The molecule has 0 aliphatic carbocycles. The highest BCUT2D eigenvalue weighted by atomic mass is 32.1. The monoisotopic (exact) mass is 180 g/mol. The fourth-order valence-electron chi connectivity index (χ4n) is 0.604. The van der Waals surface area contributed by atoms with Crippen molar-refractivity contribution in [2.24, 2.45) is 11.5 Å². The highest BCUT2D eigenvalue weighted by Gasteiger charge is 2.08. The van der Waals surface area contributed by atoms with E-state index in [1.807, 2.05) is 6.92 Å². The quantitative estimate of drug-likeness (QED) is 0.379. The van der Waals surface area contributed by atoms with Crippen molar-refractivity contribution in [3.8, 4) is 0 Å². The summed E-state index contributed by atoms with van der Waals surface area (Å²) in [5, 5.41) is 0.517. The maximum absolute atomic E-state index is 5.40. The minimum absolute atomic E-state index is 0.106. The Morgan fingerprint density at radius 3 is 2.00 bits per heavy atom. The van der Waals surface area contributed by atoms with Crippen molar-refractivity contribution in [3.05, 3.63) is 0 Å². The molecule has 0 spiro atoms. The minimum atomic E-state index is -0.310. The Bertz CT molecular complexity index is 85.8. The van der Waals surface area contributed by atoms with E-state index in [0.29, 0.717) is 5.25 Å². The van der Waals surface area contributed by atoms with Gasteiger partial charge in [0.2, 0.25) is 0 Å². The van der Waals surface area contributed by atoms with Crippen molar-refractivity contribution in [2.75, 3.05) is 0 Å². The lowest BCUT2D eigenvalue weighted by Crippen LogP contribution is -2.39. The van der Waals surface area contributed by atoms with Crippen LogP contribution in [0.2, 0.25) is 0 Å². The summed E-state index contributed by atoms with van der Waals surface area (Å²) in [4.78, 5) is 0. The Labute approximate surface area is 73.6 Å². The molecule has 0 aromatic heterocycles. The first-order valence-corrected chi connectivity index (χ1v) is 4.44. The van der Waals surface area contributed by atoms with Crippen molar-refractivity contribution in [1.82, 2.24) is 0 Å². The lowest BCUT2D eigenvalue weighted by molar-refractivity contribution is 0.598. The molecule has 0 aromatic carbocycles. The Morgan fingerprint density at radius 1 is 1.20 bits per heavy atom. The average molecular weight is 180 g/mol. The SMILES string of the molecule is CC(S)CCC(S)C(N)N. The standard InChI is InChI=1S/C6H16N2S2/c1-4(9)2-3-5(10)6(7)8/h4-6,9-10H,2-3,7-8H2,1H3. The zero-order chi connectivity index (χ0) is 8.15. The average Bonchev–Trinajstić information content (AvgIpc) is 1.82. The van der Waals surface area contributed by atoms with Crippen molar-refractivity contribution < 1.29 is 0 Å². The van der Waals surface area contributed by atoms with Gasteiger partial charge >= 0.3 is 0 Å². The summed E-state index contributed by atoms with van der Waals surface area (Å²) in [5.41, 5.74) is 10.8. The van der Waals surface area contributed by atoms with Crippen LogP contribution < -0.4 is 11.5 Å². The smallest absolute Gasteiger partial charge is 0.0640 e. The van der Waals surface area contributed by atoms with Crippen LogP contribution in [-0.4, -0.2) is 16.7 Å². The first-order valence-electron chi connectivity index (χ1n) is 3.41. The third kappa shape index (κ3) is 5.41. The van der Waals surface area contributed by atoms with E-state index in [2.05, 4.69) is 25.3 Å². The molecule has 2 unspecified atom stereocenters. The summed E-state index contributed by atoms with van der Waals surface area (Å²) in [6.45, 7) is 2.05. The van der Waals surface area contributed by atoms with Crippen molar-refractivity contribution in [2.45, 2.75) is 36.4 Å². The third-order valence-electron chi connectivity index (χ3n) is 1.32. The molecule has 0 amide bonds. The molecule has 0 aromatic rings. The van der Waals surface area contributed by atoms with Crippen LogP contribution in [0.15, 0.2) is 0 Å². The molecule has 4 heteroatoms. The second kappa shape index (κ2) is 5.29. The van der Waals surface area contributed by atoms with Crippen LogP contribution in [0.3, 0.4) is 0 Å². The third-order valence-corrected chi connectivity index (χ3v) is 2.19. The van der Waals surface area contributed by atoms with Gasteiger partial charge in [-0.05, 0) is 18.1 Å². The van der Waals surface area contributed by atoms with E-state index in [1.165, 1.54) is 0 Å². The number of rotatable bonds is 4. The van der Waals surface area contributed by atoms with Crippen LogP contribution in [0.4, 0.5) is 0 Å². The Morgan fingerprint density at radius 2 is 1.70 bits per heavy atom. The summed E-state index contributed by atoms with van der Waals surface area (Å²) in [6.07, 6.45) is 1.64. The van der Waals surface area contributed by atoms with Crippen molar-refractivity contribution in [3.63, 3.8) is 0 Å². The fourth-order valence-corrected chi connectivity index (χ4v) is 0.903. The molecule has 0 radical (unpaired) electrons. The maximum atomic E-state index is 5.40. The second-order valence-corrected chi connectivity index (χ2v) is 4.12. The first-order chi connectivity index (χ1) is 4.54. The van der Waals surface area contributed by atoms with E-state index in [0.717, 1.165) is 12.8 Å². The topological polar surface area (TPSA) is 52.0 Å². The van der Waals surface area contributed by atoms with E-state index in [4.69, 9.17) is 11.5 Å². The summed E-state index contributed by atoms with van der Waals surface area (Å²) in [5.74, 6) is 0. The predicted octanol–water partition coefficient (Wildman–Crippen LogP) is 0.627. The van der Waals surface area contributed by atoms with E-state index < -0.39 is 0 Å². The summed E-state index contributed by atoms with van der Waals surface area (Å²) in [6, 6.07) is 0. The molecule has 0 saturated heterocycles. The molecule has 0 bridgehead atoms. The van der Waals surface area contributed by atoms with Gasteiger partial charge in [-0.25, -0.2) is 0 Å². The molecule has 0 rings (SSSR count). The van der Waals surface area contributed by atoms with E-state index in [-0.39, 0.29) is 11.4 Å². The molecule has 0 heterocycles. The van der Waals surface area contributed by atoms with E-state index in [9.17, 15) is 0 Å². The molecule has 0 aliphatic rings. The highest BCUT2D eigenvalue weighted by molar-refractivity contribution is 7.81. The van der Waals surface area contributed by atoms with Gasteiger partial charge in [0.25, 0.3) is 0 Å². The van der Waals surface area contributed by atoms with Gasteiger partial charge < -0.3 is 11.5 Å². The van der Waals surface area contributed by atoms with Crippen LogP contribution in [0, 0.1) is 0 Å². The lowest BCUT2D eigenvalue weighted by atomic mass is 10.2. The number of hydrogen-bond acceptors (Lipinski definition) is 4. The Kier molecular flexibility index (Phi) is 5.62. The molecule has 4 N–H and O–H groups in total. The Hall–Kier alpha value is 0.620. The van der Waals surface area contributed by atoms with Crippen LogP contribution in [0.5, 0.6) is 0 Å². The molecule has 62 valence electrons. The lowest BCUT2D eigenvalue weighted by Gasteiger charge is -2.14. The molecule has 0 aliphatic heterocycles. The predicted molar refractivity (Wildman–Crippen MR) is 52.6 cm³/mol.